The van der Waals surface area contributed by atoms with Crippen LogP contribution in [0.1, 0.15) is 23.2 Å². The standard InChI is InChI=1S/C17H21ClN4S/c1-10-8-14(10)21-17(19-3)20-9-15-22-16(11(2)23-15)12-4-6-13(18)7-5-12/h4-7,10,14H,8-9H2,1-3H3,(H2,19,20,21). The van der Waals surface area contributed by atoms with Crippen LogP contribution in [-0.2, 0) is 6.54 Å². The van der Waals surface area contributed by atoms with Crippen molar-refractivity contribution in [1.82, 2.24) is 15.6 Å². The summed E-state index contributed by atoms with van der Waals surface area (Å²) < 4.78 is 0. The molecule has 1 aromatic carbocycles. The number of aromatic nitrogens is 1. The fourth-order valence-electron chi connectivity index (χ4n) is 2.46. The van der Waals surface area contributed by atoms with E-state index in [1.807, 2.05) is 24.3 Å². The lowest BCUT2D eigenvalue weighted by Crippen LogP contribution is -2.38. The third kappa shape index (κ3) is 4.03. The van der Waals surface area contributed by atoms with Gasteiger partial charge in [0, 0.05) is 28.6 Å². The molecular formula is C17H21ClN4S. The number of guanidine groups is 1. The smallest absolute Gasteiger partial charge is 0.191 e. The fourth-order valence-corrected chi connectivity index (χ4v) is 3.48. The van der Waals surface area contributed by atoms with E-state index < -0.39 is 0 Å². The molecule has 23 heavy (non-hydrogen) atoms. The molecule has 2 unspecified atom stereocenters. The Balaban J connectivity index is 1.65. The highest BCUT2D eigenvalue weighted by molar-refractivity contribution is 7.12. The number of benzene rings is 1. The Bertz CT molecular complexity index is 708. The van der Waals surface area contributed by atoms with Crippen molar-refractivity contribution < 1.29 is 0 Å². The maximum Gasteiger partial charge on any atom is 0.191 e. The first-order valence-electron chi connectivity index (χ1n) is 7.76. The van der Waals surface area contributed by atoms with Crippen LogP contribution in [-0.4, -0.2) is 24.0 Å². The van der Waals surface area contributed by atoms with Gasteiger partial charge >= 0.3 is 0 Å². The summed E-state index contributed by atoms with van der Waals surface area (Å²) in [6.45, 7) is 5.03. The Morgan fingerprint density at radius 1 is 1.39 bits per heavy atom. The number of nitrogens with zero attached hydrogens (tertiary/aromatic N) is 2. The third-order valence-corrected chi connectivity index (χ3v) is 5.24. The molecule has 3 rings (SSSR count). The summed E-state index contributed by atoms with van der Waals surface area (Å²) in [5.74, 6) is 1.59. The van der Waals surface area contributed by atoms with Crippen molar-refractivity contribution in [3.05, 3.63) is 39.2 Å². The number of aryl methyl sites for hydroxylation is 1. The minimum atomic E-state index is 0.559. The second-order valence-electron chi connectivity index (χ2n) is 5.91. The average molecular weight is 349 g/mol. The predicted molar refractivity (Wildman–Crippen MR) is 98.2 cm³/mol. The molecule has 1 heterocycles. The zero-order valence-electron chi connectivity index (χ0n) is 13.6. The quantitative estimate of drug-likeness (QED) is 0.652. The number of halogens is 1. The van der Waals surface area contributed by atoms with Crippen molar-refractivity contribution in [1.29, 1.82) is 0 Å². The molecule has 2 N–H and O–H groups in total. The maximum atomic E-state index is 5.95. The van der Waals surface area contributed by atoms with E-state index in [4.69, 9.17) is 16.6 Å². The molecule has 4 nitrogen and oxygen atoms in total. The van der Waals surface area contributed by atoms with E-state index in [0.717, 1.165) is 33.2 Å². The first-order valence-corrected chi connectivity index (χ1v) is 8.95. The fraction of sp³-hybridized carbons (Fsp3) is 0.412. The number of hydrogen-bond donors (Lipinski definition) is 2. The van der Waals surface area contributed by atoms with E-state index in [0.29, 0.717) is 12.6 Å². The van der Waals surface area contributed by atoms with Crippen LogP contribution in [0.2, 0.25) is 5.02 Å². The molecule has 0 spiro atoms. The Hall–Kier alpha value is -1.59. The van der Waals surface area contributed by atoms with Crippen molar-refractivity contribution >= 4 is 28.9 Å². The monoisotopic (exact) mass is 348 g/mol. The number of nitrogens with one attached hydrogen (secondary N) is 2. The lowest BCUT2D eigenvalue weighted by Gasteiger charge is -2.09. The topological polar surface area (TPSA) is 49.3 Å². The SMILES string of the molecule is CN=C(NCc1nc(-c2ccc(Cl)cc2)c(C)s1)NC1CC1C. The summed E-state index contributed by atoms with van der Waals surface area (Å²) in [6, 6.07) is 8.38. The van der Waals surface area contributed by atoms with Gasteiger partial charge in [-0.3, -0.25) is 4.99 Å². The van der Waals surface area contributed by atoms with Crippen molar-refractivity contribution in [3.63, 3.8) is 0 Å². The van der Waals surface area contributed by atoms with Crippen molar-refractivity contribution in [3.8, 4) is 11.3 Å². The summed E-state index contributed by atoms with van der Waals surface area (Å²) in [7, 11) is 1.80. The second kappa shape index (κ2) is 6.89. The highest BCUT2D eigenvalue weighted by atomic mass is 35.5. The molecule has 122 valence electrons. The lowest BCUT2D eigenvalue weighted by molar-refractivity contribution is 0.762. The summed E-state index contributed by atoms with van der Waals surface area (Å²) >= 11 is 7.67. The van der Waals surface area contributed by atoms with Crippen LogP contribution in [0.25, 0.3) is 11.3 Å². The lowest BCUT2D eigenvalue weighted by atomic mass is 10.1. The van der Waals surface area contributed by atoms with Gasteiger partial charge < -0.3 is 10.6 Å². The van der Waals surface area contributed by atoms with E-state index in [1.165, 1.54) is 11.3 Å². The number of aliphatic imine (C=N–C) groups is 1. The van der Waals surface area contributed by atoms with Gasteiger partial charge in [-0.05, 0) is 31.4 Å². The first-order chi connectivity index (χ1) is 11.1. The van der Waals surface area contributed by atoms with Crippen LogP contribution in [0.4, 0.5) is 0 Å². The molecule has 2 aromatic rings. The van der Waals surface area contributed by atoms with Gasteiger partial charge in [0.15, 0.2) is 5.96 Å². The van der Waals surface area contributed by atoms with Gasteiger partial charge in [0.1, 0.15) is 5.01 Å². The Labute approximate surface area is 146 Å². The van der Waals surface area contributed by atoms with E-state index in [-0.39, 0.29) is 0 Å². The normalized spacial score (nSPS) is 20.4. The molecule has 0 amide bonds. The van der Waals surface area contributed by atoms with E-state index in [9.17, 15) is 0 Å². The van der Waals surface area contributed by atoms with E-state index >= 15 is 0 Å². The summed E-state index contributed by atoms with van der Waals surface area (Å²) in [6.07, 6.45) is 1.22. The predicted octanol–water partition coefficient (Wildman–Crippen LogP) is 3.85. The summed E-state index contributed by atoms with van der Waals surface area (Å²) in [5.41, 5.74) is 2.13. The Morgan fingerprint density at radius 2 is 2.09 bits per heavy atom. The van der Waals surface area contributed by atoms with Gasteiger partial charge in [0.2, 0.25) is 0 Å². The van der Waals surface area contributed by atoms with Crippen LogP contribution in [0.15, 0.2) is 29.3 Å². The van der Waals surface area contributed by atoms with Gasteiger partial charge in [-0.1, -0.05) is 30.7 Å². The summed E-state index contributed by atoms with van der Waals surface area (Å²) in [5, 5.41) is 8.56. The van der Waals surface area contributed by atoms with Gasteiger partial charge in [0.05, 0.1) is 12.2 Å². The largest absolute Gasteiger partial charge is 0.353 e. The Morgan fingerprint density at radius 3 is 2.70 bits per heavy atom. The number of hydrogen-bond acceptors (Lipinski definition) is 3. The molecule has 1 aliphatic rings. The molecule has 2 atom stereocenters. The van der Waals surface area contributed by atoms with Crippen LogP contribution < -0.4 is 10.6 Å². The maximum absolute atomic E-state index is 5.95. The molecule has 0 saturated heterocycles. The van der Waals surface area contributed by atoms with Gasteiger partial charge in [0.25, 0.3) is 0 Å². The molecular weight excluding hydrogens is 328 g/mol. The van der Waals surface area contributed by atoms with Crippen molar-refractivity contribution in [2.45, 2.75) is 32.9 Å². The van der Waals surface area contributed by atoms with Gasteiger partial charge in [-0.2, -0.15) is 0 Å². The molecule has 0 radical (unpaired) electrons. The second-order valence-corrected chi connectivity index (χ2v) is 7.63. The Kier molecular flexibility index (Phi) is 4.87. The zero-order chi connectivity index (χ0) is 16.4. The highest BCUT2D eigenvalue weighted by Gasteiger charge is 2.33. The van der Waals surface area contributed by atoms with Crippen LogP contribution >= 0.6 is 22.9 Å². The minimum Gasteiger partial charge on any atom is -0.353 e. The number of thiazole rings is 1. The molecule has 0 aliphatic heterocycles. The van der Waals surface area contributed by atoms with Gasteiger partial charge in [-0.15, -0.1) is 11.3 Å². The molecule has 0 bridgehead atoms. The van der Waals surface area contributed by atoms with Crippen molar-refractivity contribution in [2.24, 2.45) is 10.9 Å². The minimum absolute atomic E-state index is 0.559. The molecule has 6 heteroatoms. The first kappa shape index (κ1) is 16.3. The summed E-state index contributed by atoms with van der Waals surface area (Å²) in [4.78, 5) is 10.2. The highest BCUT2D eigenvalue weighted by Crippen LogP contribution is 2.29. The average Bonchev–Trinajstić information content (AvgIpc) is 3.10. The van der Waals surface area contributed by atoms with Crippen molar-refractivity contribution in [2.75, 3.05) is 7.05 Å². The van der Waals surface area contributed by atoms with E-state index in [2.05, 4.69) is 29.5 Å². The number of rotatable bonds is 4. The molecule has 1 fully saturated rings. The molecule has 1 saturated carbocycles. The van der Waals surface area contributed by atoms with E-state index in [1.54, 1.807) is 18.4 Å². The van der Waals surface area contributed by atoms with Gasteiger partial charge in [-0.25, -0.2) is 4.98 Å². The zero-order valence-corrected chi connectivity index (χ0v) is 15.1. The van der Waals surface area contributed by atoms with Crippen LogP contribution in [0, 0.1) is 12.8 Å². The third-order valence-electron chi connectivity index (χ3n) is 4.02. The van der Waals surface area contributed by atoms with Crippen LogP contribution in [0.3, 0.4) is 0 Å². The molecule has 1 aromatic heterocycles. The molecule has 1 aliphatic carbocycles. The van der Waals surface area contributed by atoms with Crippen LogP contribution in [0.5, 0.6) is 0 Å².